The van der Waals surface area contributed by atoms with Gasteiger partial charge in [-0.15, -0.1) is 0 Å². The first-order chi connectivity index (χ1) is 7.15. The molecule has 15 heavy (non-hydrogen) atoms. The maximum atomic E-state index is 13.0. The molecule has 0 aliphatic heterocycles. The molecule has 0 fully saturated rings. The highest BCUT2D eigenvalue weighted by Gasteiger charge is 2.04. The van der Waals surface area contributed by atoms with Crippen molar-refractivity contribution < 1.29 is 8.78 Å². The Balaban J connectivity index is 2.76. The van der Waals surface area contributed by atoms with Crippen LogP contribution in [0.25, 0.3) is 0 Å². The molecule has 0 aliphatic rings. The second-order valence-electron chi connectivity index (χ2n) is 2.58. The van der Waals surface area contributed by atoms with E-state index in [4.69, 9.17) is 12.2 Å². The summed E-state index contributed by atoms with van der Waals surface area (Å²) in [7, 11) is 1.61. The molecule has 3 nitrogen and oxygen atoms in total. The molecule has 0 bridgehead atoms. The molecule has 6 heteroatoms. The van der Waals surface area contributed by atoms with Gasteiger partial charge in [-0.05, 0) is 24.4 Å². The van der Waals surface area contributed by atoms with E-state index in [2.05, 4.69) is 15.8 Å². The maximum Gasteiger partial charge on any atom is 0.186 e. The van der Waals surface area contributed by atoms with Crippen LogP contribution in [0.4, 0.5) is 8.78 Å². The van der Waals surface area contributed by atoms with Crippen molar-refractivity contribution in [3.05, 3.63) is 35.4 Å². The highest BCUT2D eigenvalue weighted by atomic mass is 32.1. The molecule has 0 aliphatic carbocycles. The standard InChI is InChI=1S/C9H9F2N3S/c1-12-9(15)14-13-5-6-7(10)3-2-4-8(6)11/h2-5H,1H3,(H2,12,14,15)/b13-5-. The van der Waals surface area contributed by atoms with Crippen molar-refractivity contribution in [1.29, 1.82) is 0 Å². The Morgan fingerprint density at radius 1 is 1.40 bits per heavy atom. The van der Waals surface area contributed by atoms with E-state index in [9.17, 15) is 8.78 Å². The number of hydrogen-bond acceptors (Lipinski definition) is 2. The van der Waals surface area contributed by atoms with Crippen molar-refractivity contribution in [2.75, 3.05) is 7.05 Å². The Morgan fingerprint density at radius 2 is 2.00 bits per heavy atom. The fraction of sp³-hybridized carbons (Fsp3) is 0.111. The first-order valence-electron chi connectivity index (χ1n) is 4.10. The van der Waals surface area contributed by atoms with Crippen molar-refractivity contribution in [3.8, 4) is 0 Å². The Hall–Kier alpha value is -1.56. The van der Waals surface area contributed by atoms with Crippen LogP contribution in [-0.4, -0.2) is 18.4 Å². The predicted molar refractivity (Wildman–Crippen MR) is 58.7 cm³/mol. The van der Waals surface area contributed by atoms with E-state index in [1.807, 2.05) is 0 Å². The van der Waals surface area contributed by atoms with Gasteiger partial charge in [-0.25, -0.2) is 8.78 Å². The summed E-state index contributed by atoms with van der Waals surface area (Å²) < 4.78 is 26.1. The summed E-state index contributed by atoms with van der Waals surface area (Å²) >= 11 is 4.71. The third-order valence-electron chi connectivity index (χ3n) is 1.59. The lowest BCUT2D eigenvalue weighted by atomic mass is 10.2. The van der Waals surface area contributed by atoms with Crippen molar-refractivity contribution in [1.82, 2.24) is 10.7 Å². The number of thiocarbonyl (C=S) groups is 1. The molecule has 0 unspecified atom stereocenters. The fourth-order valence-electron chi connectivity index (χ4n) is 0.845. The normalized spacial score (nSPS) is 10.3. The highest BCUT2D eigenvalue weighted by Crippen LogP contribution is 2.08. The number of rotatable bonds is 2. The molecule has 0 atom stereocenters. The molecule has 1 rings (SSSR count). The molecule has 0 radical (unpaired) electrons. The van der Waals surface area contributed by atoms with E-state index >= 15 is 0 Å². The maximum absolute atomic E-state index is 13.0. The van der Waals surface area contributed by atoms with E-state index in [1.165, 1.54) is 6.07 Å². The summed E-state index contributed by atoms with van der Waals surface area (Å²) in [4.78, 5) is 0. The fourth-order valence-corrected chi connectivity index (χ4v) is 0.898. The Morgan fingerprint density at radius 3 is 2.53 bits per heavy atom. The zero-order valence-electron chi connectivity index (χ0n) is 7.92. The molecule has 0 spiro atoms. The van der Waals surface area contributed by atoms with Gasteiger partial charge in [0.1, 0.15) is 11.6 Å². The minimum Gasteiger partial charge on any atom is -0.364 e. The third-order valence-corrected chi connectivity index (χ3v) is 1.88. The van der Waals surface area contributed by atoms with Crippen LogP contribution < -0.4 is 10.7 Å². The smallest absolute Gasteiger partial charge is 0.186 e. The number of nitrogens with zero attached hydrogens (tertiary/aromatic N) is 1. The van der Waals surface area contributed by atoms with Crippen LogP contribution in [0.15, 0.2) is 23.3 Å². The van der Waals surface area contributed by atoms with E-state index in [-0.39, 0.29) is 10.7 Å². The van der Waals surface area contributed by atoms with Gasteiger partial charge in [-0.3, -0.25) is 5.43 Å². The van der Waals surface area contributed by atoms with E-state index in [0.717, 1.165) is 18.3 Å². The minimum absolute atomic E-state index is 0.205. The topological polar surface area (TPSA) is 36.4 Å². The second kappa shape index (κ2) is 5.35. The van der Waals surface area contributed by atoms with Crippen LogP contribution in [0.5, 0.6) is 0 Å². The van der Waals surface area contributed by atoms with Gasteiger partial charge in [0, 0.05) is 7.05 Å². The monoisotopic (exact) mass is 229 g/mol. The van der Waals surface area contributed by atoms with Crippen LogP contribution >= 0.6 is 12.2 Å². The van der Waals surface area contributed by atoms with Gasteiger partial charge < -0.3 is 5.32 Å². The second-order valence-corrected chi connectivity index (χ2v) is 2.99. The molecule has 0 heterocycles. The molecular formula is C9H9F2N3S. The lowest BCUT2D eigenvalue weighted by Crippen LogP contribution is -2.28. The molecular weight excluding hydrogens is 220 g/mol. The van der Waals surface area contributed by atoms with E-state index in [1.54, 1.807) is 7.05 Å². The summed E-state index contributed by atoms with van der Waals surface area (Å²) in [5.41, 5.74) is 2.19. The van der Waals surface area contributed by atoms with Gasteiger partial charge >= 0.3 is 0 Å². The Kier molecular flexibility index (Phi) is 4.11. The van der Waals surface area contributed by atoms with Crippen molar-refractivity contribution in [2.24, 2.45) is 5.10 Å². The van der Waals surface area contributed by atoms with Crippen LogP contribution in [-0.2, 0) is 0 Å². The van der Waals surface area contributed by atoms with Crippen LogP contribution in [0.1, 0.15) is 5.56 Å². The average Bonchev–Trinajstić information content (AvgIpc) is 2.22. The summed E-state index contributed by atoms with van der Waals surface area (Å²) in [6.45, 7) is 0. The number of hydrogen-bond donors (Lipinski definition) is 2. The van der Waals surface area contributed by atoms with Crippen LogP contribution in [0.3, 0.4) is 0 Å². The van der Waals surface area contributed by atoms with Gasteiger partial charge in [0.2, 0.25) is 0 Å². The van der Waals surface area contributed by atoms with E-state index < -0.39 is 11.6 Å². The minimum atomic E-state index is -0.670. The first kappa shape index (κ1) is 11.5. The van der Waals surface area contributed by atoms with Crippen molar-refractivity contribution >= 4 is 23.5 Å². The van der Waals surface area contributed by atoms with Gasteiger partial charge in [-0.2, -0.15) is 5.10 Å². The van der Waals surface area contributed by atoms with Gasteiger partial charge in [0.05, 0.1) is 11.8 Å². The third kappa shape index (κ3) is 3.25. The predicted octanol–water partition coefficient (Wildman–Crippen LogP) is 1.39. The number of halogens is 2. The zero-order chi connectivity index (χ0) is 11.3. The molecule has 0 amide bonds. The zero-order valence-corrected chi connectivity index (χ0v) is 8.74. The van der Waals surface area contributed by atoms with Gasteiger partial charge in [0.15, 0.2) is 5.11 Å². The summed E-state index contributed by atoms with van der Waals surface area (Å²) in [5.74, 6) is -1.34. The lowest BCUT2D eigenvalue weighted by molar-refractivity contribution is 0.580. The van der Waals surface area contributed by atoms with Crippen LogP contribution in [0.2, 0.25) is 0 Å². The SMILES string of the molecule is CNC(=S)N/N=C\c1c(F)cccc1F. The Bertz CT molecular complexity index is 373. The number of nitrogens with one attached hydrogen (secondary N) is 2. The highest BCUT2D eigenvalue weighted by molar-refractivity contribution is 7.80. The number of benzene rings is 1. The number of hydrazone groups is 1. The summed E-state index contributed by atoms with van der Waals surface area (Å²) in [5, 5.41) is 6.44. The molecule has 80 valence electrons. The molecule has 1 aromatic carbocycles. The van der Waals surface area contributed by atoms with Crippen LogP contribution in [0, 0.1) is 11.6 Å². The largest absolute Gasteiger partial charge is 0.364 e. The molecule has 0 aromatic heterocycles. The summed E-state index contributed by atoms with van der Waals surface area (Å²) in [6, 6.07) is 3.59. The molecule has 1 aromatic rings. The van der Waals surface area contributed by atoms with Crippen molar-refractivity contribution in [3.63, 3.8) is 0 Å². The molecule has 0 saturated heterocycles. The molecule has 2 N–H and O–H groups in total. The first-order valence-corrected chi connectivity index (χ1v) is 4.50. The van der Waals surface area contributed by atoms with Gasteiger partial charge in [-0.1, -0.05) is 6.07 Å². The average molecular weight is 229 g/mol. The summed E-state index contributed by atoms with van der Waals surface area (Å²) in [6.07, 6.45) is 1.04. The lowest BCUT2D eigenvalue weighted by Gasteiger charge is -2.00. The van der Waals surface area contributed by atoms with Crippen molar-refractivity contribution in [2.45, 2.75) is 0 Å². The Labute approximate surface area is 91.2 Å². The van der Waals surface area contributed by atoms with E-state index in [0.29, 0.717) is 0 Å². The van der Waals surface area contributed by atoms with Gasteiger partial charge in [0.25, 0.3) is 0 Å². The quantitative estimate of drug-likeness (QED) is 0.457. The molecule has 0 saturated carbocycles.